The predicted molar refractivity (Wildman–Crippen MR) is 115 cm³/mol. The SMILES string of the molecule is Cc1cccc(OCc2ccc(C(=O)Nc3cnn(Cc4cccc(C(F)(F)F)c4)c3)o2)c1. The molecule has 0 fully saturated rings. The van der Waals surface area contributed by atoms with Gasteiger partial charge in [0, 0.05) is 6.20 Å². The van der Waals surface area contributed by atoms with Gasteiger partial charge in [0.1, 0.15) is 18.1 Å². The molecule has 0 aliphatic rings. The molecule has 0 saturated carbocycles. The summed E-state index contributed by atoms with van der Waals surface area (Å²) in [6.45, 7) is 2.26. The molecule has 1 amide bonds. The van der Waals surface area contributed by atoms with Crippen molar-refractivity contribution in [2.75, 3.05) is 5.32 Å². The van der Waals surface area contributed by atoms with Gasteiger partial charge in [-0.15, -0.1) is 0 Å². The van der Waals surface area contributed by atoms with Crippen LogP contribution in [0.3, 0.4) is 0 Å². The first-order valence-electron chi connectivity index (χ1n) is 10.0. The number of carbonyl (C=O) groups excluding carboxylic acids is 1. The second kappa shape index (κ2) is 9.23. The van der Waals surface area contributed by atoms with Crippen LogP contribution in [-0.4, -0.2) is 15.7 Å². The van der Waals surface area contributed by atoms with E-state index in [1.165, 1.54) is 29.2 Å². The summed E-state index contributed by atoms with van der Waals surface area (Å²) in [5, 5.41) is 6.75. The van der Waals surface area contributed by atoms with Crippen LogP contribution in [0.15, 0.2) is 77.5 Å². The number of hydrogen-bond donors (Lipinski definition) is 1. The van der Waals surface area contributed by atoms with E-state index < -0.39 is 17.6 Å². The van der Waals surface area contributed by atoms with Gasteiger partial charge in [0.05, 0.1) is 24.0 Å². The number of nitrogens with one attached hydrogen (secondary N) is 1. The van der Waals surface area contributed by atoms with Crippen LogP contribution < -0.4 is 10.1 Å². The number of ether oxygens (including phenoxy) is 1. The molecule has 170 valence electrons. The van der Waals surface area contributed by atoms with Crippen LogP contribution in [0, 0.1) is 6.92 Å². The Hall–Kier alpha value is -4.01. The molecule has 0 aliphatic carbocycles. The van der Waals surface area contributed by atoms with Gasteiger partial charge < -0.3 is 14.5 Å². The van der Waals surface area contributed by atoms with E-state index in [2.05, 4.69) is 10.4 Å². The van der Waals surface area contributed by atoms with Gasteiger partial charge in [-0.25, -0.2) is 0 Å². The van der Waals surface area contributed by atoms with Gasteiger partial charge in [-0.1, -0.05) is 24.3 Å². The minimum Gasteiger partial charge on any atom is -0.486 e. The highest BCUT2D eigenvalue weighted by molar-refractivity contribution is 6.02. The topological polar surface area (TPSA) is 69.3 Å². The summed E-state index contributed by atoms with van der Waals surface area (Å²) in [6, 6.07) is 15.8. The number of aromatic nitrogens is 2. The van der Waals surface area contributed by atoms with Gasteiger partial charge in [-0.2, -0.15) is 18.3 Å². The number of halogens is 3. The van der Waals surface area contributed by atoms with Gasteiger partial charge in [0.2, 0.25) is 0 Å². The van der Waals surface area contributed by atoms with E-state index in [0.29, 0.717) is 22.8 Å². The molecule has 0 atom stereocenters. The third-order valence-corrected chi connectivity index (χ3v) is 4.75. The number of alkyl halides is 3. The molecular formula is C24H20F3N3O3. The van der Waals surface area contributed by atoms with Crippen LogP contribution in [0.5, 0.6) is 5.75 Å². The maximum absolute atomic E-state index is 12.9. The lowest BCUT2D eigenvalue weighted by molar-refractivity contribution is -0.137. The van der Waals surface area contributed by atoms with E-state index in [1.54, 1.807) is 12.1 Å². The van der Waals surface area contributed by atoms with Crippen molar-refractivity contribution in [3.63, 3.8) is 0 Å². The molecule has 4 aromatic rings. The zero-order valence-corrected chi connectivity index (χ0v) is 17.6. The van der Waals surface area contributed by atoms with Crippen LogP contribution >= 0.6 is 0 Å². The second-order valence-corrected chi connectivity index (χ2v) is 7.45. The van der Waals surface area contributed by atoms with E-state index in [-0.39, 0.29) is 18.9 Å². The average molecular weight is 455 g/mol. The number of nitrogens with zero attached hydrogens (tertiary/aromatic N) is 2. The molecule has 2 aromatic carbocycles. The third-order valence-electron chi connectivity index (χ3n) is 4.75. The number of aryl methyl sites for hydroxylation is 1. The monoisotopic (exact) mass is 455 g/mol. The average Bonchev–Trinajstić information content (AvgIpc) is 3.42. The molecule has 9 heteroatoms. The Morgan fingerprint density at radius 1 is 1.12 bits per heavy atom. The Morgan fingerprint density at radius 2 is 1.94 bits per heavy atom. The minimum atomic E-state index is -4.41. The summed E-state index contributed by atoms with van der Waals surface area (Å²) in [7, 11) is 0. The molecule has 0 unspecified atom stereocenters. The van der Waals surface area contributed by atoms with Gasteiger partial charge in [-0.05, 0) is 54.4 Å². The van der Waals surface area contributed by atoms with Crippen molar-refractivity contribution in [2.45, 2.75) is 26.3 Å². The molecule has 4 rings (SSSR count). The maximum Gasteiger partial charge on any atom is 0.416 e. The number of hydrogen-bond acceptors (Lipinski definition) is 4. The number of carbonyl (C=O) groups is 1. The smallest absolute Gasteiger partial charge is 0.416 e. The van der Waals surface area contributed by atoms with Gasteiger partial charge in [0.15, 0.2) is 5.76 Å². The highest BCUT2D eigenvalue weighted by Gasteiger charge is 2.30. The summed E-state index contributed by atoms with van der Waals surface area (Å²) >= 11 is 0. The van der Waals surface area contributed by atoms with Crippen LogP contribution in [0.4, 0.5) is 18.9 Å². The Bertz CT molecular complexity index is 1260. The standard InChI is InChI=1S/C24H20F3N3O3/c1-16-4-2-7-20(10-16)32-15-21-8-9-22(33-21)23(31)29-19-12-28-30(14-19)13-17-5-3-6-18(11-17)24(25,26)27/h2-12,14H,13,15H2,1H3,(H,29,31). The summed E-state index contributed by atoms with van der Waals surface area (Å²) in [6.07, 6.45) is -1.47. The molecule has 0 bridgehead atoms. The van der Waals surface area contributed by atoms with Crippen LogP contribution in [0.2, 0.25) is 0 Å². The van der Waals surface area contributed by atoms with Crippen molar-refractivity contribution < 1.29 is 27.1 Å². The summed E-state index contributed by atoms with van der Waals surface area (Å²) < 4.78 is 51.3. The molecule has 6 nitrogen and oxygen atoms in total. The quantitative estimate of drug-likeness (QED) is 0.389. The normalized spacial score (nSPS) is 11.4. The molecule has 0 saturated heterocycles. The minimum absolute atomic E-state index is 0.100. The first kappa shape index (κ1) is 22.2. The van der Waals surface area contributed by atoms with Crippen molar-refractivity contribution in [3.8, 4) is 5.75 Å². The fourth-order valence-electron chi connectivity index (χ4n) is 3.18. The van der Waals surface area contributed by atoms with E-state index in [9.17, 15) is 18.0 Å². The second-order valence-electron chi connectivity index (χ2n) is 7.45. The molecule has 2 aromatic heterocycles. The molecule has 2 heterocycles. The Balaban J connectivity index is 1.34. The predicted octanol–water partition coefficient (Wildman–Crippen LogP) is 5.68. The molecule has 0 spiro atoms. The van der Waals surface area contributed by atoms with E-state index in [0.717, 1.165) is 17.7 Å². The lowest BCUT2D eigenvalue weighted by Gasteiger charge is -2.08. The highest BCUT2D eigenvalue weighted by atomic mass is 19.4. The van der Waals surface area contributed by atoms with E-state index in [1.807, 2.05) is 31.2 Å². The number of rotatable bonds is 7. The highest BCUT2D eigenvalue weighted by Crippen LogP contribution is 2.29. The molecule has 33 heavy (non-hydrogen) atoms. The van der Waals surface area contributed by atoms with Gasteiger partial charge in [-0.3, -0.25) is 9.48 Å². The number of furan rings is 1. The maximum atomic E-state index is 12.9. The van der Waals surface area contributed by atoms with Crippen molar-refractivity contribution >= 4 is 11.6 Å². The fourth-order valence-corrected chi connectivity index (χ4v) is 3.18. The Labute approximate surface area is 187 Å². The summed E-state index contributed by atoms with van der Waals surface area (Å²) in [5.41, 5.74) is 1.18. The van der Waals surface area contributed by atoms with Crippen LogP contribution in [0.1, 0.15) is 33.0 Å². The first-order valence-corrected chi connectivity index (χ1v) is 10.0. The first-order chi connectivity index (χ1) is 15.8. The lowest BCUT2D eigenvalue weighted by Crippen LogP contribution is -2.10. The van der Waals surface area contributed by atoms with Crippen LogP contribution in [0.25, 0.3) is 0 Å². The van der Waals surface area contributed by atoms with Crippen molar-refractivity contribution in [1.29, 1.82) is 0 Å². The van der Waals surface area contributed by atoms with E-state index in [4.69, 9.17) is 9.15 Å². The molecule has 0 aliphatic heterocycles. The Morgan fingerprint density at radius 3 is 2.73 bits per heavy atom. The van der Waals surface area contributed by atoms with Crippen LogP contribution in [-0.2, 0) is 19.3 Å². The zero-order chi connectivity index (χ0) is 23.4. The Kier molecular flexibility index (Phi) is 6.21. The van der Waals surface area contributed by atoms with Crippen molar-refractivity contribution in [1.82, 2.24) is 9.78 Å². The number of anilines is 1. The van der Waals surface area contributed by atoms with Crippen molar-refractivity contribution in [2.24, 2.45) is 0 Å². The summed E-state index contributed by atoms with van der Waals surface area (Å²) in [5.74, 6) is 0.811. The van der Waals surface area contributed by atoms with Gasteiger partial charge >= 0.3 is 6.18 Å². The molecule has 0 radical (unpaired) electrons. The fraction of sp³-hybridized carbons (Fsp3) is 0.167. The van der Waals surface area contributed by atoms with Crippen molar-refractivity contribution in [3.05, 3.63) is 101 Å². The zero-order valence-electron chi connectivity index (χ0n) is 17.6. The third kappa shape index (κ3) is 5.82. The van der Waals surface area contributed by atoms with E-state index >= 15 is 0 Å². The molecular weight excluding hydrogens is 435 g/mol. The van der Waals surface area contributed by atoms with Gasteiger partial charge in [0.25, 0.3) is 5.91 Å². The number of benzene rings is 2. The summed E-state index contributed by atoms with van der Waals surface area (Å²) in [4.78, 5) is 12.5. The molecule has 1 N–H and O–H groups in total. The lowest BCUT2D eigenvalue weighted by atomic mass is 10.1. The largest absolute Gasteiger partial charge is 0.486 e. The number of amides is 1.